The third-order valence-electron chi connectivity index (χ3n) is 5.70. The Morgan fingerprint density at radius 3 is 2.35 bits per heavy atom. The summed E-state index contributed by atoms with van der Waals surface area (Å²) < 4.78 is 11.0. The Bertz CT molecular complexity index is 957. The fourth-order valence-electron chi connectivity index (χ4n) is 3.92. The second kappa shape index (κ2) is 9.83. The lowest BCUT2D eigenvalue weighted by molar-refractivity contribution is -0.140. The van der Waals surface area contributed by atoms with Gasteiger partial charge in [-0.15, -0.1) is 0 Å². The van der Waals surface area contributed by atoms with E-state index >= 15 is 0 Å². The van der Waals surface area contributed by atoms with E-state index in [4.69, 9.17) is 9.15 Å². The van der Waals surface area contributed by atoms with Crippen molar-refractivity contribution in [3.63, 3.8) is 0 Å². The Balaban J connectivity index is 1.98. The lowest BCUT2D eigenvalue weighted by Crippen LogP contribution is -2.33. The summed E-state index contributed by atoms with van der Waals surface area (Å²) in [6.45, 7) is 9.05. The minimum Gasteiger partial charge on any atom is -0.507 e. The van der Waals surface area contributed by atoms with Gasteiger partial charge in [0, 0.05) is 12.1 Å². The molecule has 0 spiro atoms. The summed E-state index contributed by atoms with van der Waals surface area (Å²) in [5.74, 6) is 0.240. The van der Waals surface area contributed by atoms with E-state index in [9.17, 15) is 14.7 Å². The van der Waals surface area contributed by atoms with E-state index in [0.29, 0.717) is 35.8 Å². The number of carbonyl (C=O) groups is 2. The van der Waals surface area contributed by atoms with Crippen LogP contribution < -0.4 is 4.74 Å². The van der Waals surface area contributed by atoms with Crippen LogP contribution in [0.25, 0.3) is 5.76 Å². The Kier molecular flexibility index (Phi) is 7.17. The normalized spacial score (nSPS) is 18.2. The molecule has 1 amide bonds. The van der Waals surface area contributed by atoms with Gasteiger partial charge in [-0.1, -0.05) is 13.8 Å². The number of rotatable bonds is 9. The van der Waals surface area contributed by atoms with Gasteiger partial charge in [0.05, 0.1) is 12.7 Å². The number of amides is 1. The molecule has 1 aliphatic rings. The van der Waals surface area contributed by atoms with Crippen LogP contribution in [-0.4, -0.2) is 59.9 Å². The van der Waals surface area contributed by atoms with E-state index in [2.05, 4.69) is 18.7 Å². The first-order valence-corrected chi connectivity index (χ1v) is 10.6. The van der Waals surface area contributed by atoms with Crippen molar-refractivity contribution in [1.29, 1.82) is 0 Å². The summed E-state index contributed by atoms with van der Waals surface area (Å²) >= 11 is 0. The van der Waals surface area contributed by atoms with Crippen molar-refractivity contribution in [3.8, 4) is 5.75 Å². The van der Waals surface area contributed by atoms with Gasteiger partial charge < -0.3 is 24.1 Å². The van der Waals surface area contributed by atoms with Crippen LogP contribution in [-0.2, 0) is 9.59 Å². The predicted octanol–water partition coefficient (Wildman–Crippen LogP) is 3.75. The van der Waals surface area contributed by atoms with Gasteiger partial charge in [0.15, 0.2) is 0 Å². The van der Waals surface area contributed by atoms with Crippen molar-refractivity contribution in [2.45, 2.75) is 33.2 Å². The second-order valence-corrected chi connectivity index (χ2v) is 7.55. The van der Waals surface area contributed by atoms with Crippen molar-refractivity contribution in [2.24, 2.45) is 0 Å². The Morgan fingerprint density at radius 2 is 1.81 bits per heavy atom. The number of nitrogens with zero attached hydrogens (tertiary/aromatic N) is 2. The highest BCUT2D eigenvalue weighted by Crippen LogP contribution is 2.40. The van der Waals surface area contributed by atoms with Crippen molar-refractivity contribution < 1.29 is 23.8 Å². The minimum absolute atomic E-state index is 0.0485. The first kappa shape index (κ1) is 22.6. The van der Waals surface area contributed by atoms with Gasteiger partial charge in [-0.3, -0.25) is 9.59 Å². The molecule has 1 aliphatic heterocycles. The molecule has 1 unspecified atom stereocenters. The van der Waals surface area contributed by atoms with Crippen LogP contribution in [0.3, 0.4) is 0 Å². The number of furan rings is 1. The standard InChI is InChI=1S/C24H30N2O5/c1-5-25(6-2)14-7-15-26-21(19-13-8-16(3)31-19)20(23(28)24(26)29)22(27)17-9-11-18(30-4)12-10-17/h8-13,21,27H,5-7,14-15H2,1-4H3/b22-20+. The molecule has 2 aromatic rings. The van der Waals surface area contributed by atoms with Crippen LogP contribution in [0.1, 0.15) is 43.4 Å². The molecule has 3 rings (SSSR count). The molecule has 7 heteroatoms. The number of methoxy groups -OCH3 is 1. The molecule has 0 aliphatic carbocycles. The van der Waals surface area contributed by atoms with Gasteiger partial charge in [0.1, 0.15) is 29.1 Å². The number of likely N-dealkylation sites (tertiary alicyclic amines) is 1. The molecule has 1 atom stereocenters. The molecule has 1 N–H and O–H groups in total. The van der Waals surface area contributed by atoms with E-state index in [1.165, 1.54) is 4.90 Å². The maximum Gasteiger partial charge on any atom is 0.295 e. The molecule has 31 heavy (non-hydrogen) atoms. The number of Topliss-reactive ketones (excluding diaryl/α,β-unsaturated/α-hetero) is 1. The maximum absolute atomic E-state index is 13.0. The van der Waals surface area contributed by atoms with E-state index in [1.54, 1.807) is 50.4 Å². The molecule has 1 saturated heterocycles. The molecular weight excluding hydrogens is 396 g/mol. The second-order valence-electron chi connectivity index (χ2n) is 7.55. The SMILES string of the molecule is CCN(CC)CCCN1C(=O)C(=O)/C(=C(/O)c2ccc(OC)cc2)C1c1ccc(C)o1. The van der Waals surface area contributed by atoms with Crippen molar-refractivity contribution in [1.82, 2.24) is 9.80 Å². The van der Waals surface area contributed by atoms with Crippen molar-refractivity contribution in [3.05, 3.63) is 59.1 Å². The van der Waals surface area contributed by atoms with Crippen molar-refractivity contribution in [2.75, 3.05) is 33.3 Å². The molecule has 0 bridgehead atoms. The number of aliphatic hydroxyl groups excluding tert-OH is 1. The Labute approximate surface area is 182 Å². The molecule has 166 valence electrons. The minimum atomic E-state index is -0.757. The maximum atomic E-state index is 13.0. The monoisotopic (exact) mass is 426 g/mol. The van der Waals surface area contributed by atoms with E-state index < -0.39 is 17.7 Å². The average molecular weight is 427 g/mol. The van der Waals surface area contributed by atoms with Crippen molar-refractivity contribution >= 4 is 17.4 Å². The number of carbonyl (C=O) groups excluding carboxylic acids is 2. The molecule has 0 saturated carbocycles. The van der Waals surface area contributed by atoms with Gasteiger partial charge in [-0.25, -0.2) is 0 Å². The molecule has 1 fully saturated rings. The van der Waals surface area contributed by atoms with Crippen LogP contribution in [0.5, 0.6) is 5.75 Å². The zero-order valence-corrected chi connectivity index (χ0v) is 18.6. The Hall–Kier alpha value is -3.06. The summed E-state index contributed by atoms with van der Waals surface area (Å²) in [5, 5.41) is 11.0. The lowest BCUT2D eigenvalue weighted by Gasteiger charge is -2.25. The molecule has 1 aromatic heterocycles. The third kappa shape index (κ3) is 4.66. The summed E-state index contributed by atoms with van der Waals surface area (Å²) in [5.41, 5.74) is 0.488. The number of hydrogen-bond donors (Lipinski definition) is 1. The van der Waals surface area contributed by atoms with Crippen LogP contribution in [0.4, 0.5) is 0 Å². The molecule has 7 nitrogen and oxygen atoms in total. The van der Waals surface area contributed by atoms with Crippen LogP contribution in [0, 0.1) is 6.92 Å². The van der Waals surface area contributed by atoms with E-state index in [-0.39, 0.29) is 11.3 Å². The third-order valence-corrected chi connectivity index (χ3v) is 5.70. The summed E-state index contributed by atoms with van der Waals surface area (Å²) in [6, 6.07) is 9.50. The fourth-order valence-corrected chi connectivity index (χ4v) is 3.92. The fraction of sp³-hybridized carbons (Fsp3) is 0.417. The topological polar surface area (TPSA) is 83.2 Å². The number of hydrogen-bond acceptors (Lipinski definition) is 6. The van der Waals surface area contributed by atoms with E-state index in [0.717, 1.165) is 19.6 Å². The first-order valence-electron chi connectivity index (χ1n) is 10.6. The summed E-state index contributed by atoms with van der Waals surface area (Å²) in [6.07, 6.45) is 0.716. The average Bonchev–Trinajstić information content (AvgIpc) is 3.32. The van der Waals surface area contributed by atoms with Gasteiger partial charge >= 0.3 is 0 Å². The van der Waals surface area contributed by atoms with Crippen LogP contribution in [0.2, 0.25) is 0 Å². The highest BCUT2D eigenvalue weighted by Gasteiger charge is 2.47. The van der Waals surface area contributed by atoms with Gasteiger partial charge in [0.25, 0.3) is 11.7 Å². The number of aliphatic hydroxyl groups is 1. The summed E-state index contributed by atoms with van der Waals surface area (Å²) in [4.78, 5) is 29.7. The smallest absolute Gasteiger partial charge is 0.295 e. The highest BCUT2D eigenvalue weighted by atomic mass is 16.5. The van der Waals surface area contributed by atoms with Gasteiger partial charge in [-0.05, 0) is 69.4 Å². The quantitative estimate of drug-likeness (QED) is 0.374. The molecule has 2 heterocycles. The zero-order chi connectivity index (χ0) is 22.5. The largest absolute Gasteiger partial charge is 0.507 e. The first-order chi connectivity index (χ1) is 14.9. The predicted molar refractivity (Wildman–Crippen MR) is 118 cm³/mol. The highest BCUT2D eigenvalue weighted by molar-refractivity contribution is 6.46. The number of ketones is 1. The number of benzene rings is 1. The Morgan fingerprint density at radius 1 is 1.13 bits per heavy atom. The number of aryl methyl sites for hydroxylation is 1. The lowest BCUT2D eigenvalue weighted by atomic mass is 9.99. The summed E-state index contributed by atoms with van der Waals surface area (Å²) in [7, 11) is 1.55. The molecular formula is C24H30N2O5. The van der Waals surface area contributed by atoms with E-state index in [1.807, 2.05) is 0 Å². The van der Waals surface area contributed by atoms with Crippen LogP contribution in [0.15, 0.2) is 46.4 Å². The zero-order valence-electron chi connectivity index (χ0n) is 18.6. The number of ether oxygens (including phenoxy) is 1. The molecule has 0 radical (unpaired) electrons. The van der Waals surface area contributed by atoms with Gasteiger partial charge in [-0.2, -0.15) is 0 Å². The van der Waals surface area contributed by atoms with Gasteiger partial charge in [0.2, 0.25) is 0 Å². The van der Waals surface area contributed by atoms with Crippen LogP contribution >= 0.6 is 0 Å². The molecule has 1 aromatic carbocycles.